The molecule has 4 heterocycles. The van der Waals surface area contributed by atoms with Crippen molar-refractivity contribution in [1.29, 1.82) is 0 Å². The number of ether oxygens (including phenoxy) is 1. The second kappa shape index (κ2) is 8.20. The fraction of sp³-hybridized carbons (Fsp3) is 0.417. The SMILES string of the molecule is O=C(OCc1cc(=O)n2c3c(sc2n1)CCCC3)[C@H]1CS[C@]2(c3ccc(F)cc3)CCC(=O)N12. The van der Waals surface area contributed by atoms with Crippen molar-refractivity contribution < 1.29 is 18.7 Å². The molecule has 2 aromatic heterocycles. The van der Waals surface area contributed by atoms with E-state index in [9.17, 15) is 18.8 Å². The van der Waals surface area contributed by atoms with E-state index in [1.165, 1.54) is 46.2 Å². The van der Waals surface area contributed by atoms with Crippen LogP contribution in [0.3, 0.4) is 0 Å². The van der Waals surface area contributed by atoms with Gasteiger partial charge in [0.25, 0.3) is 5.56 Å². The second-order valence-electron chi connectivity index (χ2n) is 8.87. The molecule has 1 amide bonds. The Balaban J connectivity index is 1.22. The van der Waals surface area contributed by atoms with Crippen LogP contribution in [0.5, 0.6) is 0 Å². The van der Waals surface area contributed by atoms with Crippen molar-refractivity contribution in [2.45, 2.75) is 56.0 Å². The minimum Gasteiger partial charge on any atom is -0.458 e. The van der Waals surface area contributed by atoms with Crippen molar-refractivity contribution in [3.63, 3.8) is 0 Å². The largest absolute Gasteiger partial charge is 0.458 e. The molecule has 2 fully saturated rings. The zero-order valence-electron chi connectivity index (χ0n) is 18.3. The first-order valence-electron chi connectivity index (χ1n) is 11.4. The van der Waals surface area contributed by atoms with Crippen LogP contribution in [-0.2, 0) is 38.6 Å². The summed E-state index contributed by atoms with van der Waals surface area (Å²) in [5.41, 5.74) is 2.11. The normalized spacial score (nSPS) is 23.9. The van der Waals surface area contributed by atoms with E-state index in [2.05, 4.69) is 4.98 Å². The molecular formula is C24H22FN3O4S2. The van der Waals surface area contributed by atoms with E-state index < -0.39 is 16.9 Å². The molecule has 7 nitrogen and oxygen atoms in total. The van der Waals surface area contributed by atoms with Gasteiger partial charge in [0.15, 0.2) is 4.96 Å². The van der Waals surface area contributed by atoms with E-state index in [1.807, 2.05) is 0 Å². The Bertz CT molecular complexity index is 1370. The van der Waals surface area contributed by atoms with E-state index >= 15 is 0 Å². The second-order valence-corrected chi connectivity index (χ2v) is 11.2. The summed E-state index contributed by atoms with van der Waals surface area (Å²) in [6.07, 6.45) is 4.91. The minimum atomic E-state index is -0.732. The number of carbonyl (C=O) groups excluding carboxylic acids is 2. The number of hydrogen-bond donors (Lipinski definition) is 0. The summed E-state index contributed by atoms with van der Waals surface area (Å²) in [6.45, 7) is -0.125. The number of thiazole rings is 1. The fourth-order valence-corrected chi connectivity index (χ4v) is 8.15. The first-order valence-corrected chi connectivity index (χ1v) is 13.2. The lowest BCUT2D eigenvalue weighted by molar-refractivity contribution is -0.155. The first-order chi connectivity index (χ1) is 16.5. The van der Waals surface area contributed by atoms with Crippen LogP contribution in [0.4, 0.5) is 4.39 Å². The minimum absolute atomic E-state index is 0.113. The highest BCUT2D eigenvalue weighted by Crippen LogP contribution is 2.54. The number of nitrogens with zero attached hydrogens (tertiary/aromatic N) is 3. The smallest absolute Gasteiger partial charge is 0.330 e. The molecule has 0 unspecified atom stereocenters. The van der Waals surface area contributed by atoms with Gasteiger partial charge in [-0.15, -0.1) is 23.1 Å². The van der Waals surface area contributed by atoms with Crippen LogP contribution >= 0.6 is 23.1 Å². The maximum absolute atomic E-state index is 13.5. The van der Waals surface area contributed by atoms with Crippen molar-refractivity contribution in [2.24, 2.45) is 0 Å². The van der Waals surface area contributed by atoms with Crippen molar-refractivity contribution in [3.05, 3.63) is 68.3 Å². The van der Waals surface area contributed by atoms with Gasteiger partial charge in [-0.3, -0.25) is 14.0 Å². The van der Waals surface area contributed by atoms with Crippen molar-refractivity contribution in [1.82, 2.24) is 14.3 Å². The van der Waals surface area contributed by atoms with Crippen LogP contribution in [0.15, 0.2) is 35.1 Å². The number of rotatable bonds is 4. The number of carbonyl (C=O) groups is 2. The molecule has 0 bridgehead atoms. The molecule has 0 N–H and O–H groups in total. The average molecular weight is 500 g/mol. The molecule has 0 saturated carbocycles. The number of halogens is 1. The molecule has 1 aromatic carbocycles. The van der Waals surface area contributed by atoms with Crippen molar-refractivity contribution in [2.75, 3.05) is 5.75 Å². The molecule has 2 atom stereocenters. The number of amides is 1. The third kappa shape index (κ3) is 3.38. The topological polar surface area (TPSA) is 81.0 Å². The standard InChI is InChI=1S/C24H22FN3O4S2/c25-15-7-5-14(6-8-15)24-10-9-20(29)28(24)18(13-33-24)22(31)32-12-16-11-21(30)27-17-3-1-2-4-19(17)34-23(27)26-16/h5-8,11,18H,1-4,9-10,12-13H2/t18-,24+/m1/s1. The van der Waals surface area contributed by atoms with Crippen LogP contribution in [0.2, 0.25) is 0 Å². The highest BCUT2D eigenvalue weighted by Gasteiger charge is 2.57. The molecule has 2 aliphatic heterocycles. The summed E-state index contributed by atoms with van der Waals surface area (Å²) in [6, 6.07) is 6.79. The number of esters is 1. The fourth-order valence-electron chi connectivity index (χ4n) is 5.28. The third-order valence-electron chi connectivity index (χ3n) is 6.87. The van der Waals surface area contributed by atoms with Crippen LogP contribution in [0.1, 0.15) is 47.5 Å². The first kappa shape index (κ1) is 21.8. The lowest BCUT2D eigenvalue weighted by atomic mass is 10.0. The van der Waals surface area contributed by atoms with Crippen LogP contribution in [-0.4, -0.2) is 38.0 Å². The Morgan fingerprint density at radius 2 is 1.97 bits per heavy atom. The van der Waals surface area contributed by atoms with Gasteiger partial charge in [-0.2, -0.15) is 0 Å². The van der Waals surface area contributed by atoms with Gasteiger partial charge in [-0.25, -0.2) is 14.2 Å². The molecule has 3 aliphatic rings. The van der Waals surface area contributed by atoms with Gasteiger partial charge in [0.05, 0.1) is 5.69 Å². The Hall–Kier alpha value is -2.72. The Morgan fingerprint density at radius 1 is 1.18 bits per heavy atom. The van der Waals surface area contributed by atoms with E-state index in [4.69, 9.17) is 4.74 Å². The molecule has 176 valence electrons. The molecule has 34 heavy (non-hydrogen) atoms. The van der Waals surface area contributed by atoms with Crippen molar-refractivity contribution in [3.8, 4) is 0 Å². The zero-order valence-corrected chi connectivity index (χ0v) is 19.9. The van der Waals surface area contributed by atoms with E-state index in [0.29, 0.717) is 29.2 Å². The molecule has 1 aliphatic carbocycles. The van der Waals surface area contributed by atoms with Gasteiger partial charge in [0.2, 0.25) is 5.91 Å². The number of benzene rings is 1. The summed E-state index contributed by atoms with van der Waals surface area (Å²) in [7, 11) is 0. The van der Waals surface area contributed by atoms with Gasteiger partial charge < -0.3 is 9.64 Å². The number of hydrogen-bond acceptors (Lipinski definition) is 7. The van der Waals surface area contributed by atoms with Crippen LogP contribution < -0.4 is 5.56 Å². The Kier molecular flexibility index (Phi) is 5.25. The van der Waals surface area contributed by atoms with Gasteiger partial charge in [-0.1, -0.05) is 12.1 Å². The highest BCUT2D eigenvalue weighted by molar-refractivity contribution is 8.00. The molecule has 10 heteroatoms. The maximum Gasteiger partial charge on any atom is 0.330 e. The lowest BCUT2D eigenvalue weighted by Gasteiger charge is -2.33. The summed E-state index contributed by atoms with van der Waals surface area (Å²) in [5, 5.41) is 0. The zero-order chi connectivity index (χ0) is 23.4. The van der Waals surface area contributed by atoms with Crippen molar-refractivity contribution >= 4 is 39.9 Å². The summed E-state index contributed by atoms with van der Waals surface area (Å²) in [4.78, 5) is 45.9. The molecule has 0 radical (unpaired) electrons. The predicted molar refractivity (Wildman–Crippen MR) is 126 cm³/mol. The molecule has 2 saturated heterocycles. The van der Waals surface area contributed by atoms with E-state index in [-0.39, 0.29) is 23.9 Å². The molecular weight excluding hydrogens is 477 g/mol. The number of thioether (sulfide) groups is 1. The number of aromatic nitrogens is 2. The van der Waals surface area contributed by atoms with Gasteiger partial charge >= 0.3 is 5.97 Å². The Morgan fingerprint density at radius 3 is 2.79 bits per heavy atom. The van der Waals surface area contributed by atoms with Crippen LogP contribution in [0, 0.1) is 5.82 Å². The van der Waals surface area contributed by atoms with E-state index in [1.54, 1.807) is 21.4 Å². The van der Waals surface area contributed by atoms with Gasteiger partial charge in [0.1, 0.15) is 23.3 Å². The molecule has 6 rings (SSSR count). The highest BCUT2D eigenvalue weighted by atomic mass is 32.2. The van der Waals surface area contributed by atoms with Crippen LogP contribution in [0.25, 0.3) is 4.96 Å². The third-order valence-corrected chi connectivity index (χ3v) is 9.61. The molecule has 0 spiro atoms. The summed E-state index contributed by atoms with van der Waals surface area (Å²) < 4.78 is 20.7. The Labute approximate surface area is 202 Å². The van der Waals surface area contributed by atoms with Gasteiger partial charge in [0, 0.05) is 28.8 Å². The molecule has 3 aromatic rings. The summed E-state index contributed by atoms with van der Waals surface area (Å²) >= 11 is 3.04. The van der Waals surface area contributed by atoms with Gasteiger partial charge in [-0.05, 0) is 49.8 Å². The quantitative estimate of drug-likeness (QED) is 0.512. The average Bonchev–Trinajstić information content (AvgIpc) is 3.50. The maximum atomic E-state index is 13.5. The lowest BCUT2D eigenvalue weighted by Crippen LogP contribution is -2.46. The monoisotopic (exact) mass is 499 g/mol. The number of fused-ring (bicyclic) bond motifs is 4. The van der Waals surface area contributed by atoms with E-state index in [0.717, 1.165) is 36.9 Å². The summed E-state index contributed by atoms with van der Waals surface area (Å²) in [5.74, 6) is -0.575. The predicted octanol–water partition coefficient (Wildman–Crippen LogP) is 3.41. The number of aryl methyl sites for hydroxylation is 2.